The van der Waals surface area contributed by atoms with Crippen LogP contribution in [0.2, 0.25) is 0 Å². The first-order chi connectivity index (χ1) is 14.1. The molecule has 0 bridgehead atoms. The third kappa shape index (κ3) is 4.23. The van der Waals surface area contributed by atoms with Crippen LogP contribution in [0.25, 0.3) is 11.1 Å². The van der Waals surface area contributed by atoms with E-state index >= 15 is 0 Å². The summed E-state index contributed by atoms with van der Waals surface area (Å²) in [6.45, 7) is 7.76. The number of carbonyl (C=O) groups is 1. The summed E-state index contributed by atoms with van der Waals surface area (Å²) >= 11 is 0. The number of carbonyl (C=O) groups excluding carboxylic acids is 1. The predicted octanol–water partition coefficient (Wildman–Crippen LogP) is 4.01. The van der Waals surface area contributed by atoms with E-state index in [1.807, 2.05) is 33.8 Å². The van der Waals surface area contributed by atoms with Crippen LogP contribution in [0.5, 0.6) is 0 Å². The van der Waals surface area contributed by atoms with E-state index in [2.05, 4.69) is 10.3 Å². The van der Waals surface area contributed by atoms with Gasteiger partial charge in [0.25, 0.3) is 10.0 Å². The number of nitrogens with zero attached hydrogens (tertiary/aromatic N) is 2. The molecule has 0 atom stereocenters. The lowest BCUT2D eigenvalue weighted by Gasteiger charge is -2.11. The Morgan fingerprint density at radius 3 is 2.40 bits per heavy atom. The molecule has 1 aromatic carbocycles. The fraction of sp³-hybridized carbons (Fsp3) is 0.273. The third-order valence-corrected chi connectivity index (χ3v) is 6.30. The maximum absolute atomic E-state index is 13.3. The number of nitrogens with one attached hydrogen (secondary N) is 1. The van der Waals surface area contributed by atoms with Gasteiger partial charge in [0.05, 0.1) is 12.0 Å². The van der Waals surface area contributed by atoms with Crippen LogP contribution in [0.1, 0.15) is 35.5 Å². The van der Waals surface area contributed by atoms with Crippen LogP contribution in [0, 0.1) is 13.8 Å². The third-order valence-electron chi connectivity index (χ3n) is 4.61. The molecular formula is C22H25N3O4S. The second kappa shape index (κ2) is 8.31. The summed E-state index contributed by atoms with van der Waals surface area (Å²) in [6.07, 6.45) is 3.16. The molecule has 0 fully saturated rings. The number of pyridine rings is 1. The van der Waals surface area contributed by atoms with E-state index in [9.17, 15) is 13.2 Å². The standard InChI is InChI=1S/C22H25N3O4S/c1-14(2)24-21-11-19(16(4)12-23-21)17-10-20(22(26)29-5)25(13-17)30(27,28)18-8-6-15(3)7-9-18/h6-14H,1-5H3,(H,23,24). The Balaban J connectivity index is 2.18. The number of benzene rings is 1. The lowest BCUT2D eigenvalue weighted by molar-refractivity contribution is 0.0593. The van der Waals surface area contributed by atoms with Gasteiger partial charge in [-0.25, -0.2) is 22.2 Å². The Labute approximate surface area is 176 Å². The number of rotatable bonds is 6. The second-order valence-electron chi connectivity index (χ2n) is 7.40. The van der Waals surface area contributed by atoms with Crippen molar-refractivity contribution in [3.05, 3.63) is 65.6 Å². The predicted molar refractivity (Wildman–Crippen MR) is 116 cm³/mol. The normalized spacial score (nSPS) is 11.5. The van der Waals surface area contributed by atoms with Crippen molar-refractivity contribution >= 4 is 21.8 Å². The molecule has 1 N–H and O–H groups in total. The Morgan fingerprint density at radius 1 is 1.13 bits per heavy atom. The summed E-state index contributed by atoms with van der Waals surface area (Å²) in [6, 6.07) is 10.0. The molecule has 3 aromatic rings. The quantitative estimate of drug-likeness (QED) is 0.598. The first-order valence-electron chi connectivity index (χ1n) is 9.50. The van der Waals surface area contributed by atoms with Gasteiger partial charge in [-0.3, -0.25) is 0 Å². The monoisotopic (exact) mass is 427 g/mol. The van der Waals surface area contributed by atoms with Gasteiger partial charge in [-0.15, -0.1) is 0 Å². The minimum atomic E-state index is -3.99. The highest BCUT2D eigenvalue weighted by Crippen LogP contribution is 2.30. The molecule has 0 amide bonds. The highest BCUT2D eigenvalue weighted by Gasteiger charge is 2.26. The van der Waals surface area contributed by atoms with E-state index in [0.29, 0.717) is 11.4 Å². The molecule has 0 aliphatic heterocycles. The summed E-state index contributed by atoms with van der Waals surface area (Å²) < 4.78 is 32.3. The molecule has 8 heteroatoms. The second-order valence-corrected chi connectivity index (χ2v) is 9.22. The molecule has 3 rings (SSSR count). The number of hydrogen-bond acceptors (Lipinski definition) is 6. The summed E-state index contributed by atoms with van der Waals surface area (Å²) in [5.41, 5.74) is 3.08. The Kier molecular flexibility index (Phi) is 5.98. The number of methoxy groups -OCH3 is 1. The molecule has 2 heterocycles. The van der Waals surface area contributed by atoms with Gasteiger partial charge in [-0.2, -0.15) is 0 Å². The van der Waals surface area contributed by atoms with Gasteiger partial charge in [0, 0.05) is 24.0 Å². The van der Waals surface area contributed by atoms with Crippen molar-refractivity contribution in [1.82, 2.24) is 8.96 Å². The van der Waals surface area contributed by atoms with Gasteiger partial charge in [0.2, 0.25) is 0 Å². The Hall–Kier alpha value is -3.13. The number of esters is 1. The van der Waals surface area contributed by atoms with E-state index in [1.54, 1.807) is 18.3 Å². The van der Waals surface area contributed by atoms with Gasteiger partial charge < -0.3 is 10.1 Å². The fourth-order valence-corrected chi connectivity index (χ4v) is 4.42. The maximum atomic E-state index is 13.3. The largest absolute Gasteiger partial charge is 0.464 e. The highest BCUT2D eigenvalue weighted by atomic mass is 32.2. The first kappa shape index (κ1) is 21.6. The molecule has 0 saturated heterocycles. The number of anilines is 1. The van der Waals surface area contributed by atoms with E-state index < -0.39 is 16.0 Å². The molecule has 0 aliphatic rings. The van der Waals surface area contributed by atoms with Crippen molar-refractivity contribution in [3.63, 3.8) is 0 Å². The van der Waals surface area contributed by atoms with Crippen molar-refractivity contribution in [1.29, 1.82) is 0 Å². The van der Waals surface area contributed by atoms with Crippen molar-refractivity contribution in [2.45, 2.75) is 38.6 Å². The van der Waals surface area contributed by atoms with Crippen LogP contribution in [-0.4, -0.2) is 36.5 Å². The molecule has 0 radical (unpaired) electrons. The van der Waals surface area contributed by atoms with E-state index in [1.165, 1.54) is 31.5 Å². The van der Waals surface area contributed by atoms with E-state index in [-0.39, 0.29) is 16.6 Å². The maximum Gasteiger partial charge on any atom is 0.355 e. The van der Waals surface area contributed by atoms with Crippen LogP contribution in [-0.2, 0) is 14.8 Å². The van der Waals surface area contributed by atoms with Crippen LogP contribution in [0.15, 0.2) is 53.7 Å². The zero-order valence-corrected chi connectivity index (χ0v) is 18.4. The van der Waals surface area contributed by atoms with E-state index in [0.717, 1.165) is 20.7 Å². The Morgan fingerprint density at radius 2 is 1.80 bits per heavy atom. The topological polar surface area (TPSA) is 90.3 Å². The SMILES string of the molecule is COC(=O)c1cc(-c2cc(NC(C)C)ncc2C)cn1S(=O)(=O)c1ccc(C)cc1. The molecule has 158 valence electrons. The summed E-state index contributed by atoms with van der Waals surface area (Å²) in [5.74, 6) is -0.0662. The average Bonchev–Trinajstić information content (AvgIpc) is 3.15. The molecule has 2 aromatic heterocycles. The molecular weight excluding hydrogens is 402 g/mol. The lowest BCUT2D eigenvalue weighted by Crippen LogP contribution is -2.18. The number of ether oxygens (including phenoxy) is 1. The summed E-state index contributed by atoms with van der Waals surface area (Å²) in [7, 11) is -2.76. The van der Waals surface area contributed by atoms with Crippen LogP contribution < -0.4 is 5.32 Å². The van der Waals surface area contributed by atoms with E-state index in [4.69, 9.17) is 4.74 Å². The Bertz CT molecular complexity index is 1180. The minimum Gasteiger partial charge on any atom is -0.464 e. The highest BCUT2D eigenvalue weighted by molar-refractivity contribution is 7.90. The first-order valence-corrected chi connectivity index (χ1v) is 10.9. The van der Waals surface area contributed by atoms with Crippen LogP contribution in [0.3, 0.4) is 0 Å². The van der Waals surface area contributed by atoms with Crippen molar-refractivity contribution in [3.8, 4) is 11.1 Å². The number of aryl methyl sites for hydroxylation is 2. The van der Waals surface area contributed by atoms with Gasteiger partial charge >= 0.3 is 5.97 Å². The number of hydrogen-bond donors (Lipinski definition) is 1. The molecule has 0 aliphatic carbocycles. The zero-order chi connectivity index (χ0) is 22.1. The lowest BCUT2D eigenvalue weighted by atomic mass is 10.1. The fourth-order valence-electron chi connectivity index (χ4n) is 3.08. The molecule has 7 nitrogen and oxygen atoms in total. The van der Waals surface area contributed by atoms with Gasteiger partial charge in [0.15, 0.2) is 0 Å². The smallest absolute Gasteiger partial charge is 0.355 e. The van der Waals surface area contributed by atoms with Gasteiger partial charge in [-0.05, 0) is 63.1 Å². The summed E-state index contributed by atoms with van der Waals surface area (Å²) in [4.78, 5) is 16.8. The molecule has 0 unspecified atom stereocenters. The van der Waals surface area contributed by atoms with Crippen molar-refractivity contribution in [2.24, 2.45) is 0 Å². The van der Waals surface area contributed by atoms with Gasteiger partial charge in [-0.1, -0.05) is 17.7 Å². The molecule has 30 heavy (non-hydrogen) atoms. The van der Waals surface area contributed by atoms with Crippen LogP contribution in [0.4, 0.5) is 5.82 Å². The molecule has 0 spiro atoms. The van der Waals surface area contributed by atoms with Gasteiger partial charge in [0.1, 0.15) is 11.5 Å². The minimum absolute atomic E-state index is 0.0670. The average molecular weight is 428 g/mol. The van der Waals surface area contributed by atoms with Crippen molar-refractivity contribution < 1.29 is 17.9 Å². The number of aromatic nitrogens is 2. The summed E-state index contributed by atoms with van der Waals surface area (Å²) in [5, 5.41) is 3.23. The zero-order valence-electron chi connectivity index (χ0n) is 17.6. The van der Waals surface area contributed by atoms with Crippen molar-refractivity contribution in [2.75, 3.05) is 12.4 Å². The van der Waals surface area contributed by atoms with Crippen LogP contribution >= 0.6 is 0 Å². The molecule has 0 saturated carbocycles.